The first-order valence-corrected chi connectivity index (χ1v) is 6.13. The Hall–Kier alpha value is -0.880. The third-order valence-corrected chi connectivity index (χ3v) is 2.01. The van der Waals surface area contributed by atoms with Gasteiger partial charge in [-0.05, 0) is 20.3 Å². The van der Waals surface area contributed by atoms with Crippen LogP contribution in [0.25, 0.3) is 0 Å². The van der Waals surface area contributed by atoms with Crippen LogP contribution in [0.3, 0.4) is 0 Å². The molecule has 0 radical (unpaired) electrons. The first-order valence-electron chi connectivity index (χ1n) is 4.52. The van der Waals surface area contributed by atoms with Crippen molar-refractivity contribution < 1.29 is 22.5 Å². The summed E-state index contributed by atoms with van der Waals surface area (Å²) in [5.74, 6) is -0.444. The molecule has 0 atom stereocenters. The minimum atomic E-state index is -3.67. The summed E-state index contributed by atoms with van der Waals surface area (Å²) in [4.78, 5) is 10.4. The van der Waals surface area contributed by atoms with Crippen molar-refractivity contribution in [2.45, 2.75) is 27.2 Å². The first-order chi connectivity index (χ1) is 6.74. The zero-order chi connectivity index (χ0) is 12.5. The zero-order valence-corrected chi connectivity index (χ0v) is 10.1. The minimum absolute atomic E-state index is 0.132. The van der Waals surface area contributed by atoms with E-state index in [4.69, 9.17) is 4.55 Å². The van der Waals surface area contributed by atoms with E-state index in [1.807, 2.05) is 0 Å². The Labute approximate surface area is 90.9 Å². The summed E-state index contributed by atoms with van der Waals surface area (Å²) in [6.45, 7) is 8.90. The Kier molecular flexibility index (Phi) is 9.30. The Morgan fingerprint density at radius 1 is 1.40 bits per heavy atom. The van der Waals surface area contributed by atoms with Gasteiger partial charge in [-0.2, -0.15) is 8.42 Å². The lowest BCUT2D eigenvalue weighted by Crippen LogP contribution is -2.03. The van der Waals surface area contributed by atoms with Crippen molar-refractivity contribution in [3.63, 3.8) is 0 Å². The summed E-state index contributed by atoms with van der Waals surface area (Å²) < 4.78 is 32.1. The van der Waals surface area contributed by atoms with E-state index in [1.54, 1.807) is 20.8 Å². The van der Waals surface area contributed by atoms with Gasteiger partial charge in [0.1, 0.15) is 0 Å². The van der Waals surface area contributed by atoms with Crippen molar-refractivity contribution in [3.8, 4) is 0 Å². The monoisotopic (exact) mass is 238 g/mol. The van der Waals surface area contributed by atoms with E-state index in [1.165, 1.54) is 0 Å². The van der Waals surface area contributed by atoms with Gasteiger partial charge in [0.15, 0.2) is 0 Å². The smallest absolute Gasteiger partial charge is 0.333 e. The van der Waals surface area contributed by atoms with Crippen LogP contribution in [0.4, 0.5) is 0 Å². The van der Waals surface area contributed by atoms with Crippen molar-refractivity contribution in [1.82, 2.24) is 0 Å². The summed E-state index contributed by atoms with van der Waals surface area (Å²) in [5.41, 5.74) is 0.451. The fourth-order valence-electron chi connectivity index (χ4n) is 0.512. The number of carbonyl (C=O) groups is 1. The van der Waals surface area contributed by atoms with Crippen molar-refractivity contribution in [2.75, 3.05) is 12.4 Å². The molecule has 0 aliphatic carbocycles. The van der Waals surface area contributed by atoms with Crippen LogP contribution in [0.2, 0.25) is 0 Å². The largest absolute Gasteiger partial charge is 0.463 e. The van der Waals surface area contributed by atoms with E-state index in [2.05, 4.69) is 11.3 Å². The van der Waals surface area contributed by atoms with Gasteiger partial charge in [-0.25, -0.2) is 4.79 Å². The van der Waals surface area contributed by atoms with Crippen molar-refractivity contribution in [2.24, 2.45) is 0 Å². The normalized spacial score (nSPS) is 9.87. The van der Waals surface area contributed by atoms with Gasteiger partial charge in [0.25, 0.3) is 10.1 Å². The van der Waals surface area contributed by atoms with Crippen molar-refractivity contribution >= 4 is 16.1 Å². The fourth-order valence-corrected chi connectivity index (χ4v) is 1.03. The molecule has 0 heterocycles. The molecule has 15 heavy (non-hydrogen) atoms. The van der Waals surface area contributed by atoms with Crippen LogP contribution in [-0.4, -0.2) is 31.3 Å². The fraction of sp³-hybridized carbons (Fsp3) is 0.667. The Morgan fingerprint density at radius 2 is 1.87 bits per heavy atom. The number of hydrogen-bond donors (Lipinski definition) is 1. The lowest BCUT2D eigenvalue weighted by molar-refractivity contribution is -0.138. The topological polar surface area (TPSA) is 80.7 Å². The number of esters is 1. The molecule has 0 aromatic heterocycles. The highest BCUT2D eigenvalue weighted by molar-refractivity contribution is 7.85. The van der Waals surface area contributed by atoms with Crippen LogP contribution in [0, 0.1) is 0 Å². The Morgan fingerprint density at radius 3 is 1.93 bits per heavy atom. The SMILES string of the molecule is C=C(C)C(=O)OCC.CCCS(=O)(=O)O. The van der Waals surface area contributed by atoms with Crippen LogP contribution >= 0.6 is 0 Å². The van der Waals surface area contributed by atoms with Crippen LogP contribution < -0.4 is 0 Å². The highest BCUT2D eigenvalue weighted by Gasteiger charge is 1.98. The van der Waals surface area contributed by atoms with E-state index in [0.29, 0.717) is 18.6 Å². The zero-order valence-electron chi connectivity index (χ0n) is 9.32. The summed E-state index contributed by atoms with van der Waals surface area (Å²) in [6, 6.07) is 0. The molecule has 6 heteroatoms. The molecule has 5 nitrogen and oxygen atoms in total. The third-order valence-electron chi connectivity index (χ3n) is 1.09. The lowest BCUT2D eigenvalue weighted by Gasteiger charge is -1.96. The molecule has 0 saturated carbocycles. The molecule has 0 aromatic carbocycles. The maximum atomic E-state index is 10.4. The average molecular weight is 238 g/mol. The van der Waals surface area contributed by atoms with Crippen LogP contribution in [-0.2, 0) is 19.6 Å². The molecular weight excluding hydrogens is 220 g/mol. The van der Waals surface area contributed by atoms with Crippen LogP contribution in [0.15, 0.2) is 12.2 Å². The second-order valence-electron chi connectivity index (χ2n) is 2.79. The first kappa shape index (κ1) is 16.5. The van der Waals surface area contributed by atoms with E-state index in [0.717, 1.165) is 0 Å². The maximum absolute atomic E-state index is 10.4. The summed E-state index contributed by atoms with van der Waals surface area (Å²) in [5, 5.41) is 0. The quantitative estimate of drug-likeness (QED) is 0.455. The highest BCUT2D eigenvalue weighted by atomic mass is 32.2. The molecule has 0 aliphatic rings. The molecule has 0 rings (SSSR count). The molecule has 0 spiro atoms. The predicted octanol–water partition coefficient (Wildman–Crippen LogP) is 1.41. The maximum Gasteiger partial charge on any atom is 0.333 e. The van der Waals surface area contributed by atoms with E-state index in [9.17, 15) is 13.2 Å². The molecule has 0 aliphatic heterocycles. The van der Waals surface area contributed by atoms with Crippen molar-refractivity contribution in [3.05, 3.63) is 12.2 Å². The molecule has 90 valence electrons. The second-order valence-corrected chi connectivity index (χ2v) is 4.36. The average Bonchev–Trinajstić information content (AvgIpc) is 2.03. The third kappa shape index (κ3) is 15.8. The van der Waals surface area contributed by atoms with Gasteiger partial charge in [0, 0.05) is 5.57 Å². The molecule has 0 unspecified atom stereocenters. The number of carbonyl (C=O) groups excluding carboxylic acids is 1. The Bertz CT molecular complexity index is 292. The Balaban J connectivity index is 0. The van der Waals surface area contributed by atoms with E-state index in [-0.39, 0.29) is 11.7 Å². The predicted molar refractivity (Wildman–Crippen MR) is 58.2 cm³/mol. The second kappa shape index (κ2) is 8.43. The van der Waals surface area contributed by atoms with Gasteiger partial charge in [-0.3, -0.25) is 4.55 Å². The van der Waals surface area contributed by atoms with Crippen LogP contribution in [0.5, 0.6) is 0 Å². The van der Waals surface area contributed by atoms with Gasteiger partial charge in [-0.15, -0.1) is 0 Å². The van der Waals surface area contributed by atoms with Crippen molar-refractivity contribution in [1.29, 1.82) is 0 Å². The molecule has 0 aromatic rings. The molecule has 0 amide bonds. The van der Waals surface area contributed by atoms with Crippen LogP contribution in [0.1, 0.15) is 27.2 Å². The summed E-state index contributed by atoms with van der Waals surface area (Å²) in [7, 11) is -3.67. The molecular formula is C9H18O5S. The van der Waals surface area contributed by atoms with Gasteiger partial charge in [0.05, 0.1) is 12.4 Å². The van der Waals surface area contributed by atoms with E-state index < -0.39 is 10.1 Å². The standard InChI is InChI=1S/C6H10O2.C3H8O3S/c1-4-8-6(7)5(2)3;1-2-3-7(4,5)6/h2,4H2,1,3H3;2-3H2,1H3,(H,4,5,6). The molecule has 1 N–H and O–H groups in total. The van der Waals surface area contributed by atoms with Gasteiger partial charge in [0.2, 0.25) is 0 Å². The number of rotatable bonds is 4. The van der Waals surface area contributed by atoms with Gasteiger partial charge >= 0.3 is 5.97 Å². The summed E-state index contributed by atoms with van der Waals surface area (Å²) >= 11 is 0. The van der Waals surface area contributed by atoms with Gasteiger partial charge < -0.3 is 4.74 Å². The van der Waals surface area contributed by atoms with Gasteiger partial charge in [-0.1, -0.05) is 13.5 Å². The number of ether oxygens (including phenoxy) is 1. The highest BCUT2D eigenvalue weighted by Crippen LogP contribution is 1.89. The molecule has 0 fully saturated rings. The molecule has 0 bridgehead atoms. The summed E-state index contributed by atoms with van der Waals surface area (Å²) in [6.07, 6.45) is 0.471. The lowest BCUT2D eigenvalue weighted by atomic mass is 10.4. The molecule has 0 saturated heterocycles. The number of hydrogen-bond acceptors (Lipinski definition) is 4. The van der Waals surface area contributed by atoms with E-state index >= 15 is 0 Å². The minimum Gasteiger partial charge on any atom is -0.463 e.